The fraction of sp³-hybridized carbons (Fsp3) is 0.667. The van der Waals surface area contributed by atoms with E-state index in [-0.39, 0.29) is 5.91 Å². The minimum atomic E-state index is 0.165. The van der Waals surface area contributed by atoms with E-state index in [1.54, 1.807) is 0 Å². The molecular weight excluding hydrogens is 376 g/mol. The first kappa shape index (κ1) is 21.2. The molecule has 1 N–H and O–H groups in total. The van der Waals surface area contributed by atoms with E-state index in [2.05, 4.69) is 26.2 Å². The fourth-order valence-electron chi connectivity index (χ4n) is 4.97. The summed E-state index contributed by atoms with van der Waals surface area (Å²) in [5.74, 6) is 3.03. The van der Waals surface area contributed by atoms with Crippen molar-refractivity contribution < 1.29 is 9.53 Å². The monoisotopic (exact) mass is 412 g/mol. The molecule has 3 heterocycles. The summed E-state index contributed by atoms with van der Waals surface area (Å²) in [5.41, 5.74) is 1.30. The molecule has 1 amide bonds. The highest BCUT2D eigenvalue weighted by Crippen LogP contribution is 2.34. The zero-order valence-corrected chi connectivity index (χ0v) is 18.3. The Hall–Kier alpha value is -2.08. The van der Waals surface area contributed by atoms with Crippen LogP contribution in [0, 0.1) is 5.92 Å². The van der Waals surface area contributed by atoms with Crippen LogP contribution in [0.25, 0.3) is 0 Å². The molecule has 30 heavy (non-hydrogen) atoms. The Bertz CT molecular complexity index is 735. The lowest BCUT2D eigenvalue weighted by molar-refractivity contribution is -0.121. The van der Waals surface area contributed by atoms with Crippen molar-refractivity contribution in [1.82, 2.24) is 15.2 Å². The van der Waals surface area contributed by atoms with Gasteiger partial charge in [-0.3, -0.25) is 9.69 Å². The third-order valence-corrected chi connectivity index (χ3v) is 6.86. The second-order valence-electron chi connectivity index (χ2n) is 8.90. The van der Waals surface area contributed by atoms with Crippen LogP contribution in [0.15, 0.2) is 24.4 Å². The number of pyridine rings is 1. The van der Waals surface area contributed by atoms with Gasteiger partial charge in [-0.05, 0) is 57.6 Å². The lowest BCUT2D eigenvalue weighted by atomic mass is 9.84. The van der Waals surface area contributed by atoms with Crippen molar-refractivity contribution in [2.45, 2.75) is 57.9 Å². The van der Waals surface area contributed by atoms with Gasteiger partial charge in [0.15, 0.2) is 11.6 Å². The van der Waals surface area contributed by atoms with Gasteiger partial charge in [-0.25, -0.2) is 4.98 Å². The van der Waals surface area contributed by atoms with E-state index in [1.807, 2.05) is 25.3 Å². The number of aromatic nitrogens is 1. The van der Waals surface area contributed by atoms with Crippen molar-refractivity contribution in [2.75, 3.05) is 44.2 Å². The van der Waals surface area contributed by atoms with E-state index < -0.39 is 0 Å². The predicted molar refractivity (Wildman–Crippen MR) is 120 cm³/mol. The molecule has 3 aliphatic rings. The van der Waals surface area contributed by atoms with E-state index in [4.69, 9.17) is 4.74 Å². The van der Waals surface area contributed by atoms with E-state index >= 15 is 0 Å². The van der Waals surface area contributed by atoms with Crippen LogP contribution >= 0.6 is 0 Å². The highest BCUT2D eigenvalue weighted by atomic mass is 16.5. The second-order valence-corrected chi connectivity index (χ2v) is 8.90. The maximum atomic E-state index is 11.9. The van der Waals surface area contributed by atoms with Crippen molar-refractivity contribution in [3.8, 4) is 5.75 Å². The van der Waals surface area contributed by atoms with Gasteiger partial charge < -0.3 is 15.0 Å². The van der Waals surface area contributed by atoms with Crippen LogP contribution in [0.4, 0.5) is 5.82 Å². The summed E-state index contributed by atoms with van der Waals surface area (Å²) in [5, 5.41) is 3.20. The van der Waals surface area contributed by atoms with Crippen LogP contribution in [-0.2, 0) is 11.2 Å². The zero-order chi connectivity index (χ0) is 20.8. The van der Waals surface area contributed by atoms with E-state index in [9.17, 15) is 4.79 Å². The molecule has 1 saturated carbocycles. The average Bonchev–Trinajstić information content (AvgIpc) is 3.27. The Morgan fingerprint density at radius 1 is 1.23 bits per heavy atom. The van der Waals surface area contributed by atoms with Gasteiger partial charge in [0.25, 0.3) is 0 Å². The number of piperazine rings is 1. The third-order valence-electron chi connectivity index (χ3n) is 6.86. The summed E-state index contributed by atoms with van der Waals surface area (Å²) in [6, 6.07) is 2.47. The Morgan fingerprint density at radius 3 is 2.80 bits per heavy atom. The van der Waals surface area contributed by atoms with Gasteiger partial charge in [-0.1, -0.05) is 12.2 Å². The number of fused-ring (bicyclic) bond motifs is 1. The van der Waals surface area contributed by atoms with Crippen molar-refractivity contribution in [3.63, 3.8) is 0 Å². The molecule has 0 unspecified atom stereocenters. The number of anilines is 1. The van der Waals surface area contributed by atoms with Gasteiger partial charge >= 0.3 is 0 Å². The molecule has 0 bridgehead atoms. The minimum absolute atomic E-state index is 0.165. The molecule has 4 rings (SSSR count). The molecule has 0 radical (unpaired) electrons. The summed E-state index contributed by atoms with van der Waals surface area (Å²) >= 11 is 0. The number of rotatable bonds is 7. The van der Waals surface area contributed by atoms with Crippen molar-refractivity contribution in [1.29, 1.82) is 0 Å². The van der Waals surface area contributed by atoms with Gasteiger partial charge in [0.05, 0.1) is 6.61 Å². The largest absolute Gasteiger partial charge is 0.489 e. The summed E-state index contributed by atoms with van der Waals surface area (Å²) in [6.45, 7) is 8.18. The van der Waals surface area contributed by atoms with Gasteiger partial charge in [0.1, 0.15) is 0 Å². The van der Waals surface area contributed by atoms with Crippen molar-refractivity contribution >= 4 is 11.7 Å². The Balaban J connectivity index is 1.15. The molecule has 0 aromatic carbocycles. The number of carbonyl (C=O) groups excluding carboxylic acids is 1. The quantitative estimate of drug-likeness (QED) is 0.697. The van der Waals surface area contributed by atoms with Gasteiger partial charge in [-0.15, -0.1) is 0 Å². The normalized spacial score (nSPS) is 24.6. The first-order chi connectivity index (χ1) is 14.7. The maximum absolute atomic E-state index is 11.9. The van der Waals surface area contributed by atoms with Gasteiger partial charge in [-0.2, -0.15) is 0 Å². The Labute approximate surface area is 180 Å². The smallest absolute Gasteiger partial charge is 0.224 e. The molecule has 0 atom stereocenters. The van der Waals surface area contributed by atoms with E-state index in [0.29, 0.717) is 12.5 Å². The van der Waals surface area contributed by atoms with Crippen LogP contribution in [0.1, 0.15) is 51.0 Å². The second kappa shape index (κ2) is 10.3. The maximum Gasteiger partial charge on any atom is 0.224 e. The first-order valence-electron chi connectivity index (χ1n) is 11.7. The lowest BCUT2D eigenvalue weighted by Crippen LogP contribution is -2.47. The average molecular weight is 413 g/mol. The number of hydrogen-bond donors (Lipinski definition) is 1. The zero-order valence-electron chi connectivity index (χ0n) is 18.3. The van der Waals surface area contributed by atoms with Gasteiger partial charge in [0, 0.05) is 56.8 Å². The van der Waals surface area contributed by atoms with Crippen LogP contribution < -0.4 is 15.0 Å². The standard InChI is InChI=1S/C24H36N4O2/c1-2-3-4-22(29)26-21-7-5-19(6-8-21)10-13-27-14-16-28(17-15-27)24-23-20(9-12-25-24)11-18-30-23/h2-3,9,12,19,21H,4-8,10-11,13-18H2,1H3,(H,26,29)/b3-2+. The van der Waals surface area contributed by atoms with E-state index in [0.717, 1.165) is 69.5 Å². The molecule has 2 aliphatic heterocycles. The van der Waals surface area contributed by atoms with Crippen molar-refractivity contribution in [3.05, 3.63) is 30.0 Å². The van der Waals surface area contributed by atoms with Gasteiger partial charge in [0.2, 0.25) is 5.91 Å². The molecule has 6 nitrogen and oxygen atoms in total. The summed E-state index contributed by atoms with van der Waals surface area (Å²) in [4.78, 5) is 21.5. The highest BCUT2D eigenvalue weighted by molar-refractivity contribution is 5.77. The molecule has 164 valence electrons. The molecular formula is C24H36N4O2. The van der Waals surface area contributed by atoms with Crippen LogP contribution in [0.3, 0.4) is 0 Å². The van der Waals surface area contributed by atoms with Crippen LogP contribution in [0.2, 0.25) is 0 Å². The number of amides is 1. The van der Waals surface area contributed by atoms with Crippen LogP contribution in [-0.4, -0.2) is 61.2 Å². The van der Waals surface area contributed by atoms with E-state index in [1.165, 1.54) is 31.4 Å². The highest BCUT2D eigenvalue weighted by Gasteiger charge is 2.26. The molecule has 0 spiro atoms. The third kappa shape index (κ3) is 5.34. The minimum Gasteiger partial charge on any atom is -0.489 e. The molecule has 1 saturated heterocycles. The summed E-state index contributed by atoms with van der Waals surface area (Å²) in [6.07, 6.45) is 13.3. The molecule has 6 heteroatoms. The summed E-state index contributed by atoms with van der Waals surface area (Å²) in [7, 11) is 0. The van der Waals surface area contributed by atoms with Crippen molar-refractivity contribution in [2.24, 2.45) is 5.92 Å². The number of hydrogen-bond acceptors (Lipinski definition) is 5. The number of ether oxygens (including phenoxy) is 1. The molecule has 1 aliphatic carbocycles. The van der Waals surface area contributed by atoms with Crippen LogP contribution in [0.5, 0.6) is 5.75 Å². The lowest BCUT2D eigenvalue weighted by Gasteiger charge is -2.37. The number of carbonyl (C=O) groups is 1. The SMILES string of the molecule is C/C=C/CC(=O)NC1CCC(CCN2CCN(c3nccc4c3OCC4)CC2)CC1. The fourth-order valence-corrected chi connectivity index (χ4v) is 4.97. The topological polar surface area (TPSA) is 57.7 Å². The Kier molecular flexibility index (Phi) is 7.26. The first-order valence-corrected chi connectivity index (χ1v) is 11.7. The predicted octanol–water partition coefficient (Wildman–Crippen LogP) is 3.17. The summed E-state index contributed by atoms with van der Waals surface area (Å²) < 4.78 is 5.84. The molecule has 2 fully saturated rings. The number of allylic oxidation sites excluding steroid dienone is 1. The number of nitrogens with zero attached hydrogens (tertiary/aromatic N) is 3. The number of nitrogens with one attached hydrogen (secondary N) is 1. The Morgan fingerprint density at radius 2 is 2.03 bits per heavy atom. The molecule has 1 aromatic rings. The molecule has 1 aromatic heterocycles.